The van der Waals surface area contributed by atoms with Crippen molar-refractivity contribution < 1.29 is 4.79 Å². The molecule has 0 saturated carbocycles. The van der Waals surface area contributed by atoms with Crippen LogP contribution in [0, 0.1) is 6.92 Å². The van der Waals surface area contributed by atoms with Gasteiger partial charge in [-0.2, -0.15) is 0 Å². The molecule has 2 aromatic carbocycles. The van der Waals surface area contributed by atoms with E-state index in [9.17, 15) is 4.79 Å². The first-order valence-corrected chi connectivity index (χ1v) is 9.49. The number of imidazole rings is 1. The fourth-order valence-corrected chi connectivity index (χ4v) is 3.81. The molecule has 1 saturated heterocycles. The average molecular weight is 347 g/mol. The maximum Gasteiger partial charge on any atom is 0.227 e. The Morgan fingerprint density at radius 1 is 1.12 bits per heavy atom. The largest absolute Gasteiger partial charge is 0.328 e. The molecular formula is C22H25N3O. The number of aryl methyl sites for hydroxylation is 2. The lowest BCUT2D eigenvalue weighted by atomic mass is 10.1. The van der Waals surface area contributed by atoms with E-state index < -0.39 is 0 Å². The quantitative estimate of drug-likeness (QED) is 0.673. The van der Waals surface area contributed by atoms with E-state index in [0.717, 1.165) is 36.4 Å². The maximum absolute atomic E-state index is 12.7. The number of nitrogens with zero attached hydrogens (tertiary/aromatic N) is 3. The Hall–Kier alpha value is -2.62. The third-order valence-electron chi connectivity index (χ3n) is 5.26. The highest BCUT2D eigenvalue weighted by atomic mass is 16.2. The second-order valence-electron chi connectivity index (χ2n) is 7.20. The Morgan fingerprint density at radius 3 is 2.65 bits per heavy atom. The molecule has 0 N–H and O–H groups in total. The lowest BCUT2D eigenvalue weighted by molar-refractivity contribution is -0.117. The lowest BCUT2D eigenvalue weighted by Gasteiger charge is -2.17. The van der Waals surface area contributed by atoms with E-state index in [-0.39, 0.29) is 11.8 Å². The molecule has 26 heavy (non-hydrogen) atoms. The highest BCUT2D eigenvalue weighted by molar-refractivity contribution is 5.96. The van der Waals surface area contributed by atoms with Crippen molar-refractivity contribution in [2.45, 2.75) is 45.6 Å². The summed E-state index contributed by atoms with van der Waals surface area (Å²) in [6.07, 6.45) is 2.80. The number of unbranched alkanes of at least 4 members (excludes halogenated alkanes) is 1. The number of para-hydroxylation sites is 2. The van der Waals surface area contributed by atoms with Crippen LogP contribution in [-0.2, 0) is 11.3 Å². The summed E-state index contributed by atoms with van der Waals surface area (Å²) in [5.74, 6) is 1.39. The molecule has 0 unspecified atom stereocenters. The number of hydrogen-bond donors (Lipinski definition) is 0. The molecular weight excluding hydrogens is 322 g/mol. The van der Waals surface area contributed by atoms with E-state index >= 15 is 0 Å². The van der Waals surface area contributed by atoms with Crippen LogP contribution >= 0.6 is 0 Å². The van der Waals surface area contributed by atoms with Crippen molar-refractivity contribution in [1.82, 2.24) is 9.55 Å². The SMILES string of the molecule is CCCCn1c([C@H]2CC(=O)N(c3ccc(C)cc3)C2)nc2ccccc21. The van der Waals surface area contributed by atoms with Crippen molar-refractivity contribution in [1.29, 1.82) is 0 Å². The molecule has 2 heterocycles. The van der Waals surface area contributed by atoms with Crippen molar-refractivity contribution >= 4 is 22.6 Å². The van der Waals surface area contributed by atoms with Gasteiger partial charge in [0, 0.05) is 31.1 Å². The molecule has 0 aliphatic carbocycles. The molecule has 3 aromatic rings. The van der Waals surface area contributed by atoms with Crippen LogP contribution in [0.25, 0.3) is 11.0 Å². The molecule has 0 radical (unpaired) electrons. The van der Waals surface area contributed by atoms with Gasteiger partial charge in [-0.1, -0.05) is 43.2 Å². The summed E-state index contributed by atoms with van der Waals surface area (Å²) in [5, 5.41) is 0. The Morgan fingerprint density at radius 2 is 1.88 bits per heavy atom. The fourth-order valence-electron chi connectivity index (χ4n) is 3.81. The Bertz CT molecular complexity index is 926. The van der Waals surface area contributed by atoms with E-state index in [0.29, 0.717) is 13.0 Å². The fraction of sp³-hybridized carbons (Fsp3) is 0.364. The summed E-state index contributed by atoms with van der Waals surface area (Å²) in [5.41, 5.74) is 4.40. The minimum atomic E-state index is 0.146. The van der Waals surface area contributed by atoms with Crippen molar-refractivity contribution in [3.8, 4) is 0 Å². The van der Waals surface area contributed by atoms with Gasteiger partial charge in [0.1, 0.15) is 5.82 Å². The molecule has 1 aliphatic heterocycles. The number of anilines is 1. The molecule has 0 spiro atoms. The molecule has 0 bridgehead atoms. The first-order chi connectivity index (χ1) is 12.7. The third kappa shape index (κ3) is 3.00. The van der Waals surface area contributed by atoms with E-state index in [1.54, 1.807) is 0 Å². The van der Waals surface area contributed by atoms with Crippen LogP contribution in [0.15, 0.2) is 48.5 Å². The average Bonchev–Trinajstić information content (AvgIpc) is 3.21. The summed E-state index contributed by atoms with van der Waals surface area (Å²) < 4.78 is 2.33. The number of benzene rings is 2. The summed E-state index contributed by atoms with van der Waals surface area (Å²) in [6.45, 7) is 5.93. The standard InChI is InChI=1S/C22H25N3O/c1-3-4-13-24-20-8-6-5-7-19(20)23-22(24)17-14-21(26)25(15-17)18-11-9-16(2)10-12-18/h5-12,17H,3-4,13-15H2,1-2H3/t17-/m0/s1. The van der Waals surface area contributed by atoms with Crippen LogP contribution in [0.3, 0.4) is 0 Å². The van der Waals surface area contributed by atoms with Crippen LogP contribution < -0.4 is 4.90 Å². The number of aromatic nitrogens is 2. The van der Waals surface area contributed by atoms with Gasteiger partial charge in [0.15, 0.2) is 0 Å². The normalized spacial score (nSPS) is 17.4. The van der Waals surface area contributed by atoms with E-state index in [4.69, 9.17) is 4.98 Å². The van der Waals surface area contributed by atoms with E-state index in [1.807, 2.05) is 23.1 Å². The monoisotopic (exact) mass is 347 g/mol. The third-order valence-corrected chi connectivity index (χ3v) is 5.26. The minimum absolute atomic E-state index is 0.146. The highest BCUT2D eigenvalue weighted by Gasteiger charge is 2.34. The predicted molar refractivity (Wildman–Crippen MR) is 106 cm³/mol. The van der Waals surface area contributed by atoms with Crippen LogP contribution in [0.1, 0.15) is 43.5 Å². The van der Waals surface area contributed by atoms with Crippen molar-refractivity contribution in [2.75, 3.05) is 11.4 Å². The van der Waals surface area contributed by atoms with Gasteiger partial charge in [-0.15, -0.1) is 0 Å². The maximum atomic E-state index is 12.7. The van der Waals surface area contributed by atoms with E-state index in [2.05, 4.69) is 48.7 Å². The molecule has 1 aromatic heterocycles. The second-order valence-corrected chi connectivity index (χ2v) is 7.20. The number of carbonyl (C=O) groups excluding carboxylic acids is 1. The topological polar surface area (TPSA) is 38.1 Å². The van der Waals surface area contributed by atoms with Crippen LogP contribution in [0.4, 0.5) is 5.69 Å². The molecule has 1 atom stereocenters. The van der Waals surface area contributed by atoms with Crippen molar-refractivity contribution in [2.24, 2.45) is 0 Å². The molecule has 1 aliphatic rings. The van der Waals surface area contributed by atoms with Gasteiger partial charge in [0.25, 0.3) is 0 Å². The predicted octanol–water partition coefficient (Wildman–Crippen LogP) is 4.67. The summed E-state index contributed by atoms with van der Waals surface area (Å²) >= 11 is 0. The van der Waals surface area contributed by atoms with Gasteiger partial charge in [-0.25, -0.2) is 4.98 Å². The number of hydrogen-bond acceptors (Lipinski definition) is 2. The Balaban J connectivity index is 1.67. The van der Waals surface area contributed by atoms with Crippen molar-refractivity contribution in [3.63, 3.8) is 0 Å². The van der Waals surface area contributed by atoms with E-state index in [1.165, 1.54) is 11.1 Å². The molecule has 1 amide bonds. The zero-order valence-corrected chi connectivity index (χ0v) is 15.5. The summed E-state index contributed by atoms with van der Waals surface area (Å²) in [6, 6.07) is 16.5. The molecule has 4 rings (SSSR count). The van der Waals surface area contributed by atoms with Gasteiger partial charge in [0.05, 0.1) is 11.0 Å². The van der Waals surface area contributed by atoms with Gasteiger partial charge >= 0.3 is 0 Å². The number of rotatable bonds is 5. The smallest absolute Gasteiger partial charge is 0.227 e. The van der Waals surface area contributed by atoms with Crippen LogP contribution in [0.2, 0.25) is 0 Å². The number of amides is 1. The lowest BCUT2D eigenvalue weighted by Crippen LogP contribution is -2.24. The van der Waals surface area contributed by atoms with Crippen LogP contribution in [-0.4, -0.2) is 22.0 Å². The highest BCUT2D eigenvalue weighted by Crippen LogP contribution is 2.33. The number of carbonyl (C=O) groups is 1. The Labute approximate surface area is 154 Å². The van der Waals surface area contributed by atoms with Crippen molar-refractivity contribution in [3.05, 3.63) is 59.9 Å². The molecule has 134 valence electrons. The minimum Gasteiger partial charge on any atom is -0.328 e. The molecule has 4 nitrogen and oxygen atoms in total. The first kappa shape index (κ1) is 16.8. The number of fused-ring (bicyclic) bond motifs is 1. The molecule has 4 heteroatoms. The second kappa shape index (κ2) is 6.94. The van der Waals surface area contributed by atoms with Gasteiger partial charge in [0.2, 0.25) is 5.91 Å². The Kier molecular flexibility index (Phi) is 4.49. The van der Waals surface area contributed by atoms with Crippen LogP contribution in [0.5, 0.6) is 0 Å². The first-order valence-electron chi connectivity index (χ1n) is 9.49. The van der Waals surface area contributed by atoms with Gasteiger partial charge in [-0.05, 0) is 37.6 Å². The summed E-state index contributed by atoms with van der Waals surface area (Å²) in [7, 11) is 0. The summed E-state index contributed by atoms with van der Waals surface area (Å²) in [4.78, 5) is 19.5. The molecule has 1 fully saturated rings. The zero-order chi connectivity index (χ0) is 18.1. The zero-order valence-electron chi connectivity index (χ0n) is 15.5. The van der Waals surface area contributed by atoms with Gasteiger partial charge < -0.3 is 9.47 Å². The van der Waals surface area contributed by atoms with Gasteiger partial charge in [-0.3, -0.25) is 4.79 Å².